The van der Waals surface area contributed by atoms with Crippen LogP contribution in [-0.2, 0) is 6.42 Å². The lowest BCUT2D eigenvalue weighted by Gasteiger charge is -2.21. The summed E-state index contributed by atoms with van der Waals surface area (Å²) in [6.07, 6.45) is 4.55. The molecule has 1 aromatic heterocycles. The van der Waals surface area contributed by atoms with E-state index in [1.165, 1.54) is 11.1 Å². The van der Waals surface area contributed by atoms with Gasteiger partial charge in [-0.3, -0.25) is 4.98 Å². The number of ether oxygens (including phenoxy) is 1. The molecule has 1 aromatic carbocycles. The topological polar surface area (TPSA) is 34.1 Å². The predicted molar refractivity (Wildman–Crippen MR) is 87.1 cm³/mol. The van der Waals surface area contributed by atoms with Gasteiger partial charge in [0.05, 0.1) is 7.11 Å². The maximum Gasteiger partial charge on any atom is 0.122 e. The van der Waals surface area contributed by atoms with Crippen molar-refractivity contribution >= 4 is 11.6 Å². The molecule has 0 radical (unpaired) electrons. The second-order valence-corrected chi connectivity index (χ2v) is 5.44. The van der Waals surface area contributed by atoms with Gasteiger partial charge in [0.25, 0.3) is 0 Å². The number of nitrogens with zero attached hydrogens (tertiary/aromatic N) is 1. The fourth-order valence-electron chi connectivity index (χ4n) is 2.54. The molecule has 1 N–H and O–H groups in total. The summed E-state index contributed by atoms with van der Waals surface area (Å²) in [5, 5.41) is 4.26. The Kier molecular flexibility index (Phi) is 5.59. The maximum atomic E-state index is 6.13. The average Bonchev–Trinajstić information content (AvgIpc) is 2.48. The molecule has 0 bridgehead atoms. The second kappa shape index (κ2) is 7.43. The van der Waals surface area contributed by atoms with E-state index < -0.39 is 0 Å². The number of aryl methyl sites for hydroxylation is 1. The van der Waals surface area contributed by atoms with E-state index in [0.29, 0.717) is 0 Å². The Morgan fingerprint density at radius 2 is 2.14 bits per heavy atom. The zero-order valence-electron chi connectivity index (χ0n) is 12.7. The average molecular weight is 305 g/mol. The molecule has 2 rings (SSSR count). The van der Waals surface area contributed by atoms with Crippen LogP contribution in [0.25, 0.3) is 0 Å². The Balaban J connectivity index is 2.33. The summed E-state index contributed by atoms with van der Waals surface area (Å²) in [4.78, 5) is 4.17. The summed E-state index contributed by atoms with van der Waals surface area (Å²) in [7, 11) is 1.69. The minimum atomic E-state index is 0.213. The molecule has 0 amide bonds. The van der Waals surface area contributed by atoms with Crippen LogP contribution in [0, 0.1) is 6.92 Å². The lowest BCUT2D eigenvalue weighted by Crippen LogP contribution is -2.24. The normalized spacial score (nSPS) is 12.2. The highest BCUT2D eigenvalue weighted by Crippen LogP contribution is 2.28. The van der Waals surface area contributed by atoms with E-state index >= 15 is 0 Å². The Morgan fingerprint density at radius 1 is 1.33 bits per heavy atom. The predicted octanol–water partition coefficient (Wildman–Crippen LogP) is 3.95. The van der Waals surface area contributed by atoms with Crippen LogP contribution >= 0.6 is 11.6 Å². The minimum Gasteiger partial charge on any atom is -0.496 e. The molecule has 0 saturated heterocycles. The largest absolute Gasteiger partial charge is 0.496 e. The van der Waals surface area contributed by atoms with Crippen molar-refractivity contribution in [3.05, 3.63) is 58.4 Å². The first-order chi connectivity index (χ1) is 10.2. The molecule has 4 heteroatoms. The molecule has 2 aromatic rings. The van der Waals surface area contributed by atoms with Crippen LogP contribution in [0.1, 0.15) is 29.7 Å². The van der Waals surface area contributed by atoms with Gasteiger partial charge in [-0.1, -0.05) is 18.5 Å². The number of benzene rings is 1. The number of rotatable bonds is 6. The molecule has 1 atom stereocenters. The summed E-state index contributed by atoms with van der Waals surface area (Å²) in [6.45, 7) is 5.09. The number of methoxy groups -OCH3 is 1. The molecular formula is C17H21ClN2O. The Morgan fingerprint density at radius 3 is 2.81 bits per heavy atom. The van der Waals surface area contributed by atoms with Crippen LogP contribution in [0.3, 0.4) is 0 Å². The summed E-state index contributed by atoms with van der Waals surface area (Å²) >= 11 is 6.13. The molecule has 0 fully saturated rings. The quantitative estimate of drug-likeness (QED) is 0.877. The Labute approximate surface area is 131 Å². The van der Waals surface area contributed by atoms with Gasteiger partial charge >= 0.3 is 0 Å². The number of aromatic nitrogens is 1. The molecule has 0 aliphatic heterocycles. The lowest BCUT2D eigenvalue weighted by atomic mass is 9.96. The van der Waals surface area contributed by atoms with Crippen molar-refractivity contribution in [3.8, 4) is 5.75 Å². The summed E-state index contributed by atoms with van der Waals surface area (Å²) < 4.78 is 5.45. The molecule has 1 unspecified atom stereocenters. The summed E-state index contributed by atoms with van der Waals surface area (Å²) in [5.74, 6) is 0.869. The fraction of sp³-hybridized carbons (Fsp3) is 0.353. The van der Waals surface area contributed by atoms with Crippen molar-refractivity contribution in [1.82, 2.24) is 10.3 Å². The molecule has 3 nitrogen and oxygen atoms in total. The first kappa shape index (κ1) is 15.8. The molecule has 112 valence electrons. The van der Waals surface area contributed by atoms with Crippen molar-refractivity contribution in [2.24, 2.45) is 0 Å². The van der Waals surface area contributed by atoms with Crippen LogP contribution in [0.4, 0.5) is 0 Å². The molecule has 21 heavy (non-hydrogen) atoms. The Hall–Kier alpha value is -1.58. The number of hydrogen-bond donors (Lipinski definition) is 1. The van der Waals surface area contributed by atoms with Crippen molar-refractivity contribution in [3.63, 3.8) is 0 Å². The van der Waals surface area contributed by atoms with Crippen LogP contribution in [0.5, 0.6) is 5.75 Å². The van der Waals surface area contributed by atoms with Crippen LogP contribution in [-0.4, -0.2) is 18.6 Å². The third kappa shape index (κ3) is 3.96. The van der Waals surface area contributed by atoms with Crippen molar-refractivity contribution in [2.45, 2.75) is 26.3 Å². The zero-order chi connectivity index (χ0) is 15.2. The number of hydrogen-bond acceptors (Lipinski definition) is 3. The smallest absolute Gasteiger partial charge is 0.122 e. The molecule has 1 heterocycles. The molecular weight excluding hydrogens is 284 g/mol. The number of pyridine rings is 1. The standard InChI is InChI=1S/C17H21ClN2O/c1-4-20-16(15-7-8-19-11-12(15)2)10-13-9-14(18)5-6-17(13)21-3/h5-9,11,16,20H,4,10H2,1-3H3. The van der Waals surface area contributed by atoms with Crippen molar-refractivity contribution in [1.29, 1.82) is 0 Å². The van der Waals surface area contributed by atoms with E-state index in [-0.39, 0.29) is 6.04 Å². The highest BCUT2D eigenvalue weighted by molar-refractivity contribution is 6.30. The van der Waals surface area contributed by atoms with Gasteiger partial charge in [-0.15, -0.1) is 0 Å². The second-order valence-electron chi connectivity index (χ2n) is 5.00. The maximum absolute atomic E-state index is 6.13. The van der Waals surface area contributed by atoms with Gasteiger partial charge in [0.2, 0.25) is 0 Å². The third-order valence-electron chi connectivity index (χ3n) is 3.56. The lowest BCUT2D eigenvalue weighted by molar-refractivity contribution is 0.405. The number of halogens is 1. The first-order valence-electron chi connectivity index (χ1n) is 7.12. The van der Waals surface area contributed by atoms with E-state index in [1.54, 1.807) is 7.11 Å². The number of nitrogens with one attached hydrogen (secondary N) is 1. The zero-order valence-corrected chi connectivity index (χ0v) is 13.4. The van der Waals surface area contributed by atoms with Gasteiger partial charge in [-0.25, -0.2) is 0 Å². The van der Waals surface area contributed by atoms with Crippen LogP contribution in [0.15, 0.2) is 36.7 Å². The van der Waals surface area contributed by atoms with Crippen molar-refractivity contribution in [2.75, 3.05) is 13.7 Å². The SMILES string of the molecule is CCNC(Cc1cc(Cl)ccc1OC)c1ccncc1C. The third-order valence-corrected chi connectivity index (χ3v) is 3.79. The van der Waals surface area contributed by atoms with Gasteiger partial charge in [-0.05, 0) is 60.8 Å². The van der Waals surface area contributed by atoms with Gasteiger partial charge in [0.15, 0.2) is 0 Å². The van der Waals surface area contributed by atoms with E-state index in [1.807, 2.05) is 30.6 Å². The van der Waals surface area contributed by atoms with Crippen molar-refractivity contribution < 1.29 is 4.74 Å². The molecule has 0 saturated carbocycles. The van der Waals surface area contributed by atoms with E-state index in [2.05, 4.69) is 30.2 Å². The summed E-state index contributed by atoms with van der Waals surface area (Å²) in [5.41, 5.74) is 3.55. The van der Waals surface area contributed by atoms with E-state index in [9.17, 15) is 0 Å². The summed E-state index contributed by atoms with van der Waals surface area (Å²) in [6, 6.07) is 8.02. The minimum absolute atomic E-state index is 0.213. The monoisotopic (exact) mass is 304 g/mol. The molecule has 0 aliphatic rings. The molecule has 0 spiro atoms. The van der Waals surface area contributed by atoms with E-state index in [4.69, 9.17) is 16.3 Å². The first-order valence-corrected chi connectivity index (χ1v) is 7.49. The fourth-order valence-corrected chi connectivity index (χ4v) is 2.73. The highest BCUT2D eigenvalue weighted by Gasteiger charge is 2.16. The van der Waals surface area contributed by atoms with E-state index in [0.717, 1.165) is 29.3 Å². The van der Waals surface area contributed by atoms with Crippen LogP contribution < -0.4 is 10.1 Å². The van der Waals surface area contributed by atoms with Gasteiger partial charge in [0.1, 0.15) is 5.75 Å². The van der Waals surface area contributed by atoms with Gasteiger partial charge in [-0.2, -0.15) is 0 Å². The molecule has 0 aliphatic carbocycles. The van der Waals surface area contributed by atoms with Gasteiger partial charge < -0.3 is 10.1 Å². The number of likely N-dealkylation sites (N-methyl/N-ethyl adjacent to an activating group) is 1. The van der Waals surface area contributed by atoms with Gasteiger partial charge in [0, 0.05) is 23.5 Å². The van der Waals surface area contributed by atoms with Crippen LogP contribution in [0.2, 0.25) is 5.02 Å². The Bertz CT molecular complexity index is 601. The highest BCUT2D eigenvalue weighted by atomic mass is 35.5.